The molecule has 5 N–H and O–H groups in total. The van der Waals surface area contributed by atoms with Gasteiger partial charge in [0.15, 0.2) is 0 Å². The second kappa shape index (κ2) is 27.2. The van der Waals surface area contributed by atoms with Gasteiger partial charge < -0.3 is 16.2 Å². The monoisotopic (exact) mass is 225 g/mol. The van der Waals surface area contributed by atoms with Crippen LogP contribution in [0.15, 0.2) is 0 Å². The molecule has 0 aromatic heterocycles. The first-order valence-corrected chi connectivity index (χ1v) is 0.565. The summed E-state index contributed by atoms with van der Waals surface area (Å²) in [6.07, 6.45) is 0. The van der Waals surface area contributed by atoms with Gasteiger partial charge in [0.25, 0.3) is 5.09 Å². The first-order chi connectivity index (χ1) is 1.73. The number of nitrogens with zero attached hydrogens (tertiary/aromatic N) is 1. The van der Waals surface area contributed by atoms with E-state index in [0.717, 1.165) is 0 Å². The molecule has 0 saturated heterocycles. The van der Waals surface area contributed by atoms with Gasteiger partial charge in [-0.15, -0.1) is 10.1 Å². The second-order valence-electron chi connectivity index (χ2n) is 0.238. The van der Waals surface area contributed by atoms with Crippen molar-refractivity contribution in [3.05, 3.63) is 10.1 Å². The van der Waals surface area contributed by atoms with Crippen LogP contribution in [0.1, 0.15) is 0 Å². The molecule has 0 aromatic carbocycles. The second-order valence-corrected chi connectivity index (χ2v) is 0.238. The summed E-state index contributed by atoms with van der Waals surface area (Å²) in [6, 6.07) is 0. The predicted octanol–water partition coefficient (Wildman–Crippen LogP) is -2.00. The van der Waals surface area contributed by atoms with Crippen LogP contribution in [0.3, 0.4) is 0 Å². The molecular formula is H5Cu2NO5. The van der Waals surface area contributed by atoms with Crippen LogP contribution in [0.4, 0.5) is 0 Å². The molecule has 2 radical (unpaired) electrons. The summed E-state index contributed by atoms with van der Waals surface area (Å²) in [5.74, 6) is 0. The molecule has 0 aliphatic carbocycles. The largest absolute Gasteiger partial charge is 0.412 e. The van der Waals surface area contributed by atoms with Crippen molar-refractivity contribution in [2.24, 2.45) is 0 Å². The number of rotatable bonds is 0. The predicted molar refractivity (Wildman–Crippen MR) is 16.0 cm³/mol. The Morgan fingerprint density at radius 1 is 1.25 bits per heavy atom. The Morgan fingerprint density at radius 3 is 1.25 bits per heavy atom. The van der Waals surface area contributed by atoms with Crippen molar-refractivity contribution in [1.29, 1.82) is 0 Å². The van der Waals surface area contributed by atoms with E-state index in [0.29, 0.717) is 0 Å². The summed E-state index contributed by atoms with van der Waals surface area (Å²) in [7, 11) is 0. The molecule has 0 fully saturated rings. The Kier molecular flexibility index (Phi) is 143. The molecule has 0 unspecified atom stereocenters. The first-order valence-electron chi connectivity index (χ1n) is 0.565. The van der Waals surface area contributed by atoms with E-state index in [1.54, 1.807) is 0 Å². The van der Waals surface area contributed by atoms with Crippen molar-refractivity contribution in [3.8, 4) is 0 Å². The maximum Gasteiger partial charge on any atom is 0.291 e. The van der Waals surface area contributed by atoms with Crippen molar-refractivity contribution < 1.29 is 55.4 Å². The van der Waals surface area contributed by atoms with Gasteiger partial charge >= 0.3 is 0 Å². The zero-order valence-corrected chi connectivity index (χ0v) is 5.20. The summed E-state index contributed by atoms with van der Waals surface area (Å²) in [5, 5.41) is 13.6. The third kappa shape index (κ3) is 6490. The zero-order valence-electron chi connectivity index (χ0n) is 3.31. The van der Waals surface area contributed by atoms with Gasteiger partial charge in [-0.25, -0.2) is 0 Å². The molecule has 0 aliphatic heterocycles. The minimum atomic E-state index is -1.50. The molecule has 0 rings (SSSR count). The van der Waals surface area contributed by atoms with E-state index >= 15 is 0 Å². The van der Waals surface area contributed by atoms with Crippen LogP contribution < -0.4 is 0 Å². The Balaban J connectivity index is -0.00000000750. The molecule has 8 heteroatoms. The summed E-state index contributed by atoms with van der Waals surface area (Å²) >= 11 is 0. The molecular weight excluding hydrogens is 221 g/mol. The van der Waals surface area contributed by atoms with Crippen LogP contribution in [0.5, 0.6) is 0 Å². The maximum absolute atomic E-state index is 8.36. The van der Waals surface area contributed by atoms with Crippen LogP contribution >= 0.6 is 0 Å². The average molecular weight is 226 g/mol. The van der Waals surface area contributed by atoms with Crippen LogP contribution in [-0.4, -0.2) is 21.2 Å². The van der Waals surface area contributed by atoms with E-state index in [4.69, 9.17) is 15.3 Å². The fourth-order valence-electron chi connectivity index (χ4n) is 0. The Bertz CT molecular complexity index is 33.4. The SMILES string of the molecule is O.O.O=[N+]([O-])O.[Cu].[Cu]. The first kappa shape index (κ1) is 41.9. The molecule has 0 saturated carbocycles. The molecule has 0 aliphatic rings. The molecule has 8 heavy (non-hydrogen) atoms. The van der Waals surface area contributed by atoms with Crippen LogP contribution in [0, 0.1) is 10.1 Å². The average Bonchev–Trinajstić information content (AvgIpc) is 0.811. The van der Waals surface area contributed by atoms with Gasteiger partial charge in [-0.2, -0.15) is 0 Å². The fraction of sp³-hybridized carbons (Fsp3) is 0. The normalized spacial score (nSPS) is 3.00. The van der Waals surface area contributed by atoms with Gasteiger partial charge in [0, 0.05) is 34.1 Å². The summed E-state index contributed by atoms with van der Waals surface area (Å²) < 4.78 is 0. The fourth-order valence-corrected chi connectivity index (χ4v) is 0. The Labute approximate surface area is 65.9 Å². The van der Waals surface area contributed by atoms with Gasteiger partial charge in [-0.1, -0.05) is 0 Å². The van der Waals surface area contributed by atoms with E-state index in [2.05, 4.69) is 0 Å². The van der Waals surface area contributed by atoms with Gasteiger partial charge in [0.1, 0.15) is 0 Å². The molecule has 0 aromatic rings. The molecule has 0 atom stereocenters. The molecule has 0 heterocycles. The van der Waals surface area contributed by atoms with Crippen LogP contribution in [-0.2, 0) is 34.1 Å². The minimum absolute atomic E-state index is 0. The van der Waals surface area contributed by atoms with E-state index in [1.807, 2.05) is 0 Å². The van der Waals surface area contributed by atoms with Gasteiger partial charge in [-0.05, 0) is 0 Å². The van der Waals surface area contributed by atoms with Crippen molar-refractivity contribution >= 4 is 0 Å². The van der Waals surface area contributed by atoms with Crippen molar-refractivity contribution in [2.75, 3.05) is 0 Å². The molecule has 0 amide bonds. The van der Waals surface area contributed by atoms with Crippen molar-refractivity contribution in [3.63, 3.8) is 0 Å². The topological polar surface area (TPSA) is 126 Å². The van der Waals surface area contributed by atoms with Gasteiger partial charge in [0.05, 0.1) is 0 Å². The summed E-state index contributed by atoms with van der Waals surface area (Å²) in [5.41, 5.74) is 0. The van der Waals surface area contributed by atoms with Crippen LogP contribution in [0.25, 0.3) is 0 Å². The van der Waals surface area contributed by atoms with E-state index in [-0.39, 0.29) is 45.1 Å². The van der Waals surface area contributed by atoms with Crippen LogP contribution in [0.2, 0.25) is 0 Å². The van der Waals surface area contributed by atoms with Gasteiger partial charge in [-0.3, -0.25) is 0 Å². The Morgan fingerprint density at radius 2 is 1.25 bits per heavy atom. The summed E-state index contributed by atoms with van der Waals surface area (Å²) in [4.78, 5) is 8.36. The zero-order chi connectivity index (χ0) is 3.58. The molecule has 6 nitrogen and oxygen atoms in total. The van der Waals surface area contributed by atoms with Crippen molar-refractivity contribution in [2.45, 2.75) is 0 Å². The van der Waals surface area contributed by atoms with E-state index < -0.39 is 5.09 Å². The number of hydrogen-bond donors (Lipinski definition) is 1. The standard InChI is InChI=1S/2Cu.HNO3.2H2O/c;;2-1(3)4;;/h;;(H,2,3,4);2*1H2. The third-order valence-corrected chi connectivity index (χ3v) is 0. The van der Waals surface area contributed by atoms with Crippen molar-refractivity contribution in [1.82, 2.24) is 0 Å². The smallest absolute Gasteiger partial charge is 0.291 e. The maximum atomic E-state index is 8.36. The van der Waals surface area contributed by atoms with Gasteiger partial charge in [0.2, 0.25) is 0 Å². The summed E-state index contributed by atoms with van der Waals surface area (Å²) in [6.45, 7) is 0. The number of hydrogen-bond acceptors (Lipinski definition) is 2. The Hall–Kier alpha value is 0.159. The third-order valence-electron chi connectivity index (χ3n) is 0. The minimum Gasteiger partial charge on any atom is -0.412 e. The molecule has 0 spiro atoms. The van der Waals surface area contributed by atoms with E-state index in [1.165, 1.54) is 0 Å². The van der Waals surface area contributed by atoms with E-state index in [9.17, 15) is 0 Å². The quantitative estimate of drug-likeness (QED) is 0.291. The molecule has 62 valence electrons. The molecule has 0 bridgehead atoms.